The molecule has 1 atom stereocenters. The number of nitrogens with two attached hydrogens (primary N) is 1. The zero-order valence-electron chi connectivity index (χ0n) is 14.4. The van der Waals surface area contributed by atoms with E-state index in [9.17, 15) is 5.26 Å². The van der Waals surface area contributed by atoms with Crippen molar-refractivity contribution in [2.24, 2.45) is 5.73 Å². The molecular weight excluding hydrogens is 344 g/mol. The number of hydrogen-bond donors (Lipinski definition) is 1. The van der Waals surface area contributed by atoms with E-state index in [1.165, 1.54) is 22.5 Å². The Kier molecular flexibility index (Phi) is 4.41. The first-order chi connectivity index (χ1) is 12.7. The van der Waals surface area contributed by atoms with Crippen LogP contribution in [0.1, 0.15) is 36.1 Å². The molecule has 0 radical (unpaired) electrons. The van der Waals surface area contributed by atoms with Crippen molar-refractivity contribution in [3.8, 4) is 33.0 Å². The zero-order chi connectivity index (χ0) is 18.1. The van der Waals surface area contributed by atoms with Gasteiger partial charge in [-0.1, -0.05) is 29.5 Å². The van der Waals surface area contributed by atoms with Crippen molar-refractivity contribution in [1.82, 2.24) is 10.2 Å². The Labute approximate surface area is 156 Å². The van der Waals surface area contributed by atoms with Crippen molar-refractivity contribution in [3.63, 3.8) is 0 Å². The molecule has 0 bridgehead atoms. The largest absolute Gasteiger partial charge is 0.492 e. The molecule has 6 heteroatoms. The molecule has 130 valence electrons. The van der Waals surface area contributed by atoms with Crippen LogP contribution in [-0.4, -0.2) is 16.8 Å². The Bertz CT molecular complexity index is 1010. The molecule has 1 aliphatic carbocycles. The van der Waals surface area contributed by atoms with E-state index >= 15 is 0 Å². The maximum Gasteiger partial charge on any atom is 0.148 e. The molecule has 0 saturated heterocycles. The lowest BCUT2D eigenvalue weighted by molar-refractivity contribution is 0.339. The van der Waals surface area contributed by atoms with Gasteiger partial charge in [-0.3, -0.25) is 0 Å². The maximum absolute atomic E-state index is 9.36. The number of ether oxygens (including phenoxy) is 1. The van der Waals surface area contributed by atoms with Gasteiger partial charge in [0.25, 0.3) is 0 Å². The third-order valence-electron chi connectivity index (χ3n) is 4.62. The molecule has 2 N–H and O–H groups in total. The van der Waals surface area contributed by atoms with Gasteiger partial charge >= 0.3 is 0 Å². The molecular formula is C20H18N4OS. The minimum atomic E-state index is 0.113. The fourth-order valence-electron chi connectivity index (χ4n) is 3.37. The van der Waals surface area contributed by atoms with Gasteiger partial charge in [0.2, 0.25) is 0 Å². The number of nitriles is 1. The molecule has 0 aliphatic heterocycles. The molecule has 1 aromatic heterocycles. The Morgan fingerprint density at radius 2 is 2.12 bits per heavy atom. The highest BCUT2D eigenvalue weighted by molar-refractivity contribution is 7.17. The number of fused-ring (bicyclic) bond motifs is 1. The van der Waals surface area contributed by atoms with Crippen LogP contribution in [0.25, 0.3) is 21.1 Å². The SMILES string of the molecule is CCOc1ccc(-c2nnc(-c3cccc4c3CCC4N)s2)cc1C#N. The zero-order valence-corrected chi connectivity index (χ0v) is 15.2. The van der Waals surface area contributed by atoms with Crippen LogP contribution in [0.4, 0.5) is 0 Å². The highest BCUT2D eigenvalue weighted by atomic mass is 32.1. The van der Waals surface area contributed by atoms with E-state index < -0.39 is 0 Å². The minimum Gasteiger partial charge on any atom is -0.492 e. The molecule has 0 saturated carbocycles. The van der Waals surface area contributed by atoms with Gasteiger partial charge < -0.3 is 10.5 Å². The van der Waals surface area contributed by atoms with Crippen molar-refractivity contribution >= 4 is 11.3 Å². The van der Waals surface area contributed by atoms with Gasteiger partial charge in [0.15, 0.2) is 0 Å². The van der Waals surface area contributed by atoms with Crippen molar-refractivity contribution in [3.05, 3.63) is 53.1 Å². The summed E-state index contributed by atoms with van der Waals surface area (Å²) in [6.45, 7) is 2.43. The highest BCUT2D eigenvalue weighted by Crippen LogP contribution is 2.39. The summed E-state index contributed by atoms with van der Waals surface area (Å²) in [5, 5.41) is 19.8. The molecule has 26 heavy (non-hydrogen) atoms. The van der Waals surface area contributed by atoms with E-state index in [1.54, 1.807) is 6.07 Å². The summed E-state index contributed by atoms with van der Waals surface area (Å²) in [6, 6.07) is 14.1. The Balaban J connectivity index is 1.71. The van der Waals surface area contributed by atoms with Gasteiger partial charge in [0, 0.05) is 17.2 Å². The minimum absolute atomic E-state index is 0.113. The van der Waals surface area contributed by atoms with Gasteiger partial charge in [-0.25, -0.2) is 0 Å². The Morgan fingerprint density at radius 1 is 1.27 bits per heavy atom. The molecule has 2 aromatic carbocycles. The summed E-state index contributed by atoms with van der Waals surface area (Å²) in [5.41, 5.74) is 11.2. The summed E-state index contributed by atoms with van der Waals surface area (Å²) in [5.74, 6) is 0.596. The van der Waals surface area contributed by atoms with E-state index in [0.717, 1.165) is 34.0 Å². The van der Waals surface area contributed by atoms with Crippen LogP contribution < -0.4 is 10.5 Å². The smallest absolute Gasteiger partial charge is 0.148 e. The number of aromatic nitrogens is 2. The molecule has 5 nitrogen and oxygen atoms in total. The van der Waals surface area contributed by atoms with E-state index in [-0.39, 0.29) is 6.04 Å². The second kappa shape index (κ2) is 6.87. The molecule has 1 heterocycles. The average molecular weight is 362 g/mol. The quantitative estimate of drug-likeness (QED) is 0.755. The van der Waals surface area contributed by atoms with Crippen LogP contribution in [0.15, 0.2) is 36.4 Å². The predicted molar refractivity (Wildman–Crippen MR) is 102 cm³/mol. The summed E-state index contributed by atoms with van der Waals surface area (Å²) in [7, 11) is 0. The summed E-state index contributed by atoms with van der Waals surface area (Å²) in [6.07, 6.45) is 1.95. The highest BCUT2D eigenvalue weighted by Gasteiger charge is 2.23. The summed E-state index contributed by atoms with van der Waals surface area (Å²) >= 11 is 1.53. The normalized spacial score (nSPS) is 15.5. The first kappa shape index (κ1) is 16.7. The van der Waals surface area contributed by atoms with Crippen LogP contribution in [0.2, 0.25) is 0 Å². The second-order valence-electron chi connectivity index (χ2n) is 6.19. The van der Waals surface area contributed by atoms with Crippen LogP contribution in [-0.2, 0) is 6.42 Å². The van der Waals surface area contributed by atoms with Gasteiger partial charge in [-0.2, -0.15) is 5.26 Å². The van der Waals surface area contributed by atoms with Gasteiger partial charge in [0.05, 0.1) is 12.2 Å². The maximum atomic E-state index is 9.36. The summed E-state index contributed by atoms with van der Waals surface area (Å²) in [4.78, 5) is 0. The van der Waals surface area contributed by atoms with Gasteiger partial charge in [-0.15, -0.1) is 10.2 Å². The molecule has 4 rings (SSSR count). The standard InChI is InChI=1S/C20H18N4OS/c1-2-25-18-9-6-12(10-13(18)11-21)19-23-24-20(26-19)16-5-3-4-15-14(16)7-8-17(15)22/h3-6,9-10,17H,2,7-8,22H2,1H3. The molecule has 1 unspecified atom stereocenters. The Morgan fingerprint density at radius 3 is 2.92 bits per heavy atom. The summed E-state index contributed by atoms with van der Waals surface area (Å²) < 4.78 is 5.49. The topological polar surface area (TPSA) is 84.8 Å². The molecule has 3 aromatic rings. The number of hydrogen-bond acceptors (Lipinski definition) is 6. The molecule has 1 aliphatic rings. The number of nitrogens with zero attached hydrogens (tertiary/aromatic N) is 3. The van der Waals surface area contributed by atoms with E-state index in [1.807, 2.05) is 25.1 Å². The predicted octanol–water partition coefficient (Wildman–Crippen LogP) is 4.09. The molecule has 0 amide bonds. The molecule has 0 spiro atoms. The van der Waals surface area contributed by atoms with Crippen LogP contribution in [0.5, 0.6) is 5.75 Å². The van der Waals surface area contributed by atoms with Crippen LogP contribution in [0.3, 0.4) is 0 Å². The second-order valence-corrected chi connectivity index (χ2v) is 7.16. The van der Waals surface area contributed by atoms with E-state index in [0.29, 0.717) is 17.9 Å². The van der Waals surface area contributed by atoms with Gasteiger partial charge in [0.1, 0.15) is 21.8 Å². The first-order valence-corrected chi connectivity index (χ1v) is 9.41. The van der Waals surface area contributed by atoms with E-state index in [4.69, 9.17) is 10.5 Å². The lowest BCUT2D eigenvalue weighted by Gasteiger charge is -2.07. The fraction of sp³-hybridized carbons (Fsp3) is 0.250. The van der Waals surface area contributed by atoms with Crippen LogP contribution in [0, 0.1) is 11.3 Å². The number of rotatable bonds is 4. The molecule has 0 fully saturated rings. The lowest BCUT2D eigenvalue weighted by atomic mass is 10.0. The number of benzene rings is 2. The van der Waals surface area contributed by atoms with E-state index in [2.05, 4.69) is 28.4 Å². The third-order valence-corrected chi connectivity index (χ3v) is 5.62. The monoisotopic (exact) mass is 362 g/mol. The van der Waals surface area contributed by atoms with Crippen LogP contribution >= 0.6 is 11.3 Å². The van der Waals surface area contributed by atoms with Gasteiger partial charge in [-0.05, 0) is 49.1 Å². The van der Waals surface area contributed by atoms with Crippen molar-refractivity contribution in [1.29, 1.82) is 5.26 Å². The Hall–Kier alpha value is -2.75. The fourth-order valence-corrected chi connectivity index (χ4v) is 4.26. The van der Waals surface area contributed by atoms with Crippen molar-refractivity contribution in [2.75, 3.05) is 6.61 Å². The van der Waals surface area contributed by atoms with Crippen molar-refractivity contribution in [2.45, 2.75) is 25.8 Å². The third kappa shape index (κ3) is 2.85. The lowest BCUT2D eigenvalue weighted by Crippen LogP contribution is -2.04. The van der Waals surface area contributed by atoms with Crippen molar-refractivity contribution < 1.29 is 4.74 Å². The average Bonchev–Trinajstić information content (AvgIpc) is 3.30. The first-order valence-electron chi connectivity index (χ1n) is 8.59.